The van der Waals surface area contributed by atoms with Crippen molar-refractivity contribution in [1.82, 2.24) is 25.1 Å². The molecule has 0 saturated carbocycles. The fourth-order valence-corrected chi connectivity index (χ4v) is 2.69. The third-order valence-electron chi connectivity index (χ3n) is 4.09. The molecule has 2 rings (SSSR count). The summed E-state index contributed by atoms with van der Waals surface area (Å²) in [6.45, 7) is 4.08. The number of hydrogen-bond acceptors (Lipinski definition) is 6. The van der Waals surface area contributed by atoms with E-state index in [-0.39, 0.29) is 18.9 Å². The maximum Gasteiger partial charge on any atom is 0.305 e. The highest BCUT2D eigenvalue weighted by Crippen LogP contribution is 2.21. The topological polar surface area (TPSA) is 110 Å². The van der Waals surface area contributed by atoms with Crippen molar-refractivity contribution in [3.05, 3.63) is 35.7 Å². The molecule has 9 heteroatoms. The summed E-state index contributed by atoms with van der Waals surface area (Å²) in [7, 11) is 1.58. The zero-order valence-electron chi connectivity index (χ0n) is 15.1. The Balaban J connectivity index is 2.29. The van der Waals surface area contributed by atoms with Gasteiger partial charge in [0.15, 0.2) is 0 Å². The highest BCUT2D eigenvalue weighted by atomic mass is 16.5. The van der Waals surface area contributed by atoms with Gasteiger partial charge in [-0.15, -0.1) is 5.10 Å². The Morgan fingerprint density at radius 1 is 1.38 bits per heavy atom. The maximum atomic E-state index is 13.1. The van der Waals surface area contributed by atoms with Gasteiger partial charge in [0, 0.05) is 19.5 Å². The minimum atomic E-state index is -0.945. The molecule has 0 saturated heterocycles. The number of likely N-dealkylation sites (N-methyl/N-ethyl adjacent to an activating group) is 1. The molecule has 9 nitrogen and oxygen atoms in total. The average Bonchev–Trinajstić information content (AvgIpc) is 3.05. The van der Waals surface area contributed by atoms with Crippen LogP contribution in [0, 0.1) is 6.92 Å². The Morgan fingerprint density at radius 2 is 2.15 bits per heavy atom. The van der Waals surface area contributed by atoms with Crippen LogP contribution in [0.5, 0.6) is 5.75 Å². The first-order valence-electron chi connectivity index (χ1n) is 8.34. The van der Waals surface area contributed by atoms with E-state index >= 15 is 0 Å². The van der Waals surface area contributed by atoms with Crippen LogP contribution in [0.3, 0.4) is 0 Å². The van der Waals surface area contributed by atoms with Gasteiger partial charge in [-0.05, 0) is 42.0 Å². The lowest BCUT2D eigenvalue weighted by atomic mass is 10.0. The van der Waals surface area contributed by atoms with Crippen LogP contribution in [0.4, 0.5) is 0 Å². The second-order valence-corrected chi connectivity index (χ2v) is 5.80. The Morgan fingerprint density at radius 3 is 2.73 bits per heavy atom. The molecule has 140 valence electrons. The number of aliphatic carboxylic acids is 1. The number of hydrogen-bond donors (Lipinski definition) is 1. The maximum absolute atomic E-state index is 13.1. The quantitative estimate of drug-likeness (QED) is 0.712. The van der Waals surface area contributed by atoms with E-state index in [4.69, 9.17) is 9.84 Å². The molecule has 0 aliphatic carbocycles. The van der Waals surface area contributed by atoms with Crippen molar-refractivity contribution < 1.29 is 19.4 Å². The summed E-state index contributed by atoms with van der Waals surface area (Å²) in [4.78, 5) is 25.5. The van der Waals surface area contributed by atoms with Crippen molar-refractivity contribution in [2.75, 3.05) is 20.2 Å². The lowest BCUT2D eigenvalue weighted by Gasteiger charge is -2.26. The van der Waals surface area contributed by atoms with Crippen molar-refractivity contribution >= 4 is 11.9 Å². The standard InChI is InChI=1S/C17H23N5O4/c1-4-21(9-8-16(23)24)17(25)15(22-12(2)18-19-20-22)11-13-6-5-7-14(10-13)26-3/h5-7,10,15H,4,8-9,11H2,1-3H3,(H,23,24). The molecule has 1 amide bonds. The molecule has 0 radical (unpaired) electrons. The van der Waals surface area contributed by atoms with E-state index in [1.807, 2.05) is 31.2 Å². The summed E-state index contributed by atoms with van der Waals surface area (Å²) < 4.78 is 6.71. The van der Waals surface area contributed by atoms with Crippen molar-refractivity contribution in [2.24, 2.45) is 0 Å². The summed E-state index contributed by atoms with van der Waals surface area (Å²) in [5.41, 5.74) is 0.895. The first-order chi connectivity index (χ1) is 12.5. The Kier molecular flexibility index (Phi) is 6.65. The van der Waals surface area contributed by atoms with Crippen molar-refractivity contribution in [2.45, 2.75) is 32.7 Å². The first kappa shape index (κ1) is 19.4. The van der Waals surface area contributed by atoms with E-state index in [0.29, 0.717) is 24.5 Å². The minimum absolute atomic E-state index is 0.111. The molecule has 1 N–H and O–H groups in total. The number of benzene rings is 1. The van der Waals surface area contributed by atoms with Gasteiger partial charge in [0.25, 0.3) is 0 Å². The van der Waals surface area contributed by atoms with E-state index in [2.05, 4.69) is 15.5 Å². The zero-order valence-corrected chi connectivity index (χ0v) is 15.1. The number of amides is 1. The molecular weight excluding hydrogens is 338 g/mol. The molecule has 0 aliphatic heterocycles. The fraction of sp³-hybridized carbons (Fsp3) is 0.471. The number of aromatic nitrogens is 4. The summed E-state index contributed by atoms with van der Waals surface area (Å²) in [6.07, 6.45) is 0.255. The van der Waals surface area contributed by atoms with Crippen LogP contribution in [-0.4, -0.2) is 62.3 Å². The number of carboxylic acids is 1. The molecule has 1 unspecified atom stereocenters. The lowest BCUT2D eigenvalue weighted by molar-refractivity contribution is -0.139. The number of ether oxygens (including phenoxy) is 1. The van der Waals surface area contributed by atoms with Crippen LogP contribution in [0.1, 0.15) is 30.8 Å². The first-order valence-corrected chi connectivity index (χ1v) is 8.34. The van der Waals surface area contributed by atoms with Crippen molar-refractivity contribution in [1.29, 1.82) is 0 Å². The second kappa shape index (κ2) is 8.93. The van der Waals surface area contributed by atoms with Crippen molar-refractivity contribution in [3.8, 4) is 5.75 Å². The Bertz CT molecular complexity index is 761. The van der Waals surface area contributed by atoms with Gasteiger partial charge in [-0.3, -0.25) is 9.59 Å². The smallest absolute Gasteiger partial charge is 0.305 e. The van der Waals surface area contributed by atoms with Gasteiger partial charge < -0.3 is 14.7 Å². The van der Waals surface area contributed by atoms with Gasteiger partial charge in [-0.25, -0.2) is 4.68 Å². The van der Waals surface area contributed by atoms with Crippen LogP contribution in [0.15, 0.2) is 24.3 Å². The number of methoxy groups -OCH3 is 1. The predicted molar refractivity (Wildman–Crippen MR) is 92.8 cm³/mol. The number of aryl methyl sites for hydroxylation is 1. The van der Waals surface area contributed by atoms with Crippen LogP contribution in [-0.2, 0) is 16.0 Å². The molecule has 26 heavy (non-hydrogen) atoms. The number of carbonyl (C=O) groups is 2. The summed E-state index contributed by atoms with van der Waals surface area (Å²) >= 11 is 0. The van der Waals surface area contributed by atoms with Gasteiger partial charge >= 0.3 is 5.97 Å². The summed E-state index contributed by atoms with van der Waals surface area (Å²) in [6, 6.07) is 6.77. The number of rotatable bonds is 9. The van der Waals surface area contributed by atoms with Gasteiger partial charge in [-0.1, -0.05) is 12.1 Å². The summed E-state index contributed by atoms with van der Waals surface area (Å²) in [5.74, 6) is 0.0482. The molecule has 0 spiro atoms. The number of nitrogens with zero attached hydrogens (tertiary/aromatic N) is 5. The molecule has 0 bridgehead atoms. The summed E-state index contributed by atoms with van der Waals surface area (Å²) in [5, 5.41) is 20.4. The fourth-order valence-electron chi connectivity index (χ4n) is 2.69. The van der Waals surface area contributed by atoms with Gasteiger partial charge in [0.1, 0.15) is 17.6 Å². The third-order valence-corrected chi connectivity index (χ3v) is 4.09. The lowest BCUT2D eigenvalue weighted by Crippen LogP contribution is -2.40. The van der Waals surface area contributed by atoms with Gasteiger partial charge in [0.2, 0.25) is 5.91 Å². The molecule has 1 aromatic carbocycles. The van der Waals surface area contributed by atoms with Crippen LogP contribution >= 0.6 is 0 Å². The SMILES string of the molecule is CCN(CCC(=O)O)C(=O)C(Cc1cccc(OC)c1)n1nnnc1C. The molecule has 0 aliphatic rings. The van der Waals surface area contributed by atoms with Gasteiger partial charge in [-0.2, -0.15) is 0 Å². The largest absolute Gasteiger partial charge is 0.497 e. The average molecular weight is 361 g/mol. The van der Waals surface area contributed by atoms with Crippen LogP contribution in [0.25, 0.3) is 0 Å². The third kappa shape index (κ3) is 4.78. The number of tetrazole rings is 1. The number of carbonyl (C=O) groups excluding carboxylic acids is 1. The Hall–Kier alpha value is -2.97. The predicted octanol–water partition coefficient (Wildman–Crippen LogP) is 1.10. The van der Waals surface area contributed by atoms with Gasteiger partial charge in [0.05, 0.1) is 13.5 Å². The molecule has 0 fully saturated rings. The van der Waals surface area contributed by atoms with Crippen LogP contribution in [0.2, 0.25) is 0 Å². The zero-order chi connectivity index (χ0) is 19.1. The van der Waals surface area contributed by atoms with E-state index < -0.39 is 12.0 Å². The monoisotopic (exact) mass is 361 g/mol. The highest BCUT2D eigenvalue weighted by molar-refractivity contribution is 5.81. The van der Waals surface area contributed by atoms with E-state index in [0.717, 1.165) is 5.56 Å². The second-order valence-electron chi connectivity index (χ2n) is 5.80. The Labute approximate surface area is 151 Å². The van der Waals surface area contributed by atoms with Crippen LogP contribution < -0.4 is 4.74 Å². The molecular formula is C17H23N5O4. The van der Waals surface area contributed by atoms with E-state index in [9.17, 15) is 9.59 Å². The molecule has 1 atom stereocenters. The normalized spacial score (nSPS) is 11.8. The minimum Gasteiger partial charge on any atom is -0.497 e. The molecule has 1 aromatic heterocycles. The van der Waals surface area contributed by atoms with E-state index in [1.165, 1.54) is 9.58 Å². The van der Waals surface area contributed by atoms with Crippen molar-refractivity contribution in [3.63, 3.8) is 0 Å². The molecule has 1 heterocycles. The molecule has 2 aromatic rings. The number of carboxylic acid groups (broad SMARTS) is 1. The van der Waals surface area contributed by atoms with E-state index in [1.54, 1.807) is 14.0 Å². The highest BCUT2D eigenvalue weighted by Gasteiger charge is 2.28.